The van der Waals surface area contributed by atoms with Gasteiger partial charge in [-0.15, -0.1) is 5.10 Å². The molecule has 3 heterocycles. The van der Waals surface area contributed by atoms with E-state index in [0.717, 1.165) is 10.7 Å². The summed E-state index contributed by atoms with van der Waals surface area (Å²) in [4.78, 5) is 22.0. The van der Waals surface area contributed by atoms with Crippen molar-refractivity contribution in [3.05, 3.63) is 50.3 Å². The molecule has 0 aromatic carbocycles. The highest BCUT2D eigenvalue weighted by atomic mass is 79.9. The number of nitrogens with one attached hydrogen (secondary N) is 1. The van der Waals surface area contributed by atoms with Crippen LogP contribution in [0.3, 0.4) is 0 Å². The first kappa shape index (κ1) is 16.6. The molecule has 124 valence electrons. The van der Waals surface area contributed by atoms with Gasteiger partial charge in [-0.05, 0) is 22.0 Å². The Labute approximate surface area is 144 Å². The smallest absolute Gasteiger partial charge is 0.301 e. The Morgan fingerprint density at radius 2 is 2.04 bits per heavy atom. The Balaban J connectivity index is 2.19. The average Bonchev–Trinajstić information content (AvgIpc) is 2.96. The summed E-state index contributed by atoms with van der Waals surface area (Å²) in [5.74, 6) is -0.00704. The maximum Gasteiger partial charge on any atom is 0.436 e. The topological polar surface area (TPSA) is 89.3 Å². The lowest BCUT2D eigenvalue weighted by molar-refractivity contribution is -0.141. The lowest BCUT2D eigenvalue weighted by Gasteiger charge is -2.08. The molecule has 0 unspecified atom stereocenters. The van der Waals surface area contributed by atoms with Gasteiger partial charge in [-0.2, -0.15) is 13.2 Å². The van der Waals surface area contributed by atoms with E-state index >= 15 is 0 Å². The first-order valence-electron chi connectivity index (χ1n) is 6.17. The molecular formula is C12H5BrClF3N6O. The molecule has 0 saturated heterocycles. The van der Waals surface area contributed by atoms with Crippen LogP contribution in [0.5, 0.6) is 0 Å². The molecule has 0 fully saturated rings. The zero-order chi connectivity index (χ0) is 17.5. The van der Waals surface area contributed by atoms with Crippen molar-refractivity contribution in [2.24, 2.45) is 0 Å². The molecule has 1 N–H and O–H groups in total. The van der Waals surface area contributed by atoms with Gasteiger partial charge in [-0.25, -0.2) is 14.6 Å². The normalized spacial score (nSPS) is 11.7. The van der Waals surface area contributed by atoms with E-state index < -0.39 is 17.4 Å². The third kappa shape index (κ3) is 3.31. The number of aromatic nitrogens is 6. The molecular weight excluding hydrogens is 417 g/mol. The lowest BCUT2D eigenvalue weighted by atomic mass is 10.2. The van der Waals surface area contributed by atoms with Gasteiger partial charge in [0.15, 0.2) is 16.2 Å². The molecule has 0 aliphatic rings. The van der Waals surface area contributed by atoms with E-state index in [1.165, 1.54) is 12.3 Å². The molecule has 0 aliphatic carbocycles. The largest absolute Gasteiger partial charge is 0.436 e. The van der Waals surface area contributed by atoms with Crippen LogP contribution >= 0.6 is 27.5 Å². The summed E-state index contributed by atoms with van der Waals surface area (Å²) in [5, 5.41) is 6.71. The number of halogens is 5. The molecule has 24 heavy (non-hydrogen) atoms. The van der Waals surface area contributed by atoms with Crippen molar-refractivity contribution in [2.75, 3.05) is 0 Å². The summed E-state index contributed by atoms with van der Waals surface area (Å²) in [7, 11) is 0. The van der Waals surface area contributed by atoms with Crippen LogP contribution in [0.25, 0.3) is 17.1 Å². The highest BCUT2D eigenvalue weighted by Crippen LogP contribution is 2.29. The van der Waals surface area contributed by atoms with Crippen molar-refractivity contribution < 1.29 is 13.2 Å². The van der Waals surface area contributed by atoms with Gasteiger partial charge >= 0.3 is 6.18 Å². The van der Waals surface area contributed by atoms with Gasteiger partial charge in [-0.3, -0.25) is 4.79 Å². The molecule has 7 nitrogen and oxygen atoms in total. The minimum atomic E-state index is -4.64. The second-order valence-corrected chi connectivity index (χ2v) is 5.68. The first-order valence-corrected chi connectivity index (χ1v) is 7.34. The molecule has 0 spiro atoms. The summed E-state index contributed by atoms with van der Waals surface area (Å²) in [6, 6.07) is 2.57. The molecule has 0 radical (unpaired) electrons. The van der Waals surface area contributed by atoms with Gasteiger partial charge in [-0.1, -0.05) is 16.8 Å². The first-order chi connectivity index (χ1) is 11.2. The second-order valence-electron chi connectivity index (χ2n) is 4.49. The van der Waals surface area contributed by atoms with E-state index in [1.807, 2.05) is 0 Å². The fourth-order valence-electron chi connectivity index (χ4n) is 1.87. The highest BCUT2D eigenvalue weighted by molar-refractivity contribution is 9.10. The predicted octanol–water partition coefficient (Wildman–Crippen LogP) is 2.85. The van der Waals surface area contributed by atoms with Crippen molar-refractivity contribution >= 4 is 27.5 Å². The molecule has 0 saturated carbocycles. The van der Waals surface area contributed by atoms with Crippen LogP contribution in [-0.2, 0) is 6.18 Å². The Hall–Kier alpha value is -2.27. The minimum absolute atomic E-state index is 0.00704. The second kappa shape index (κ2) is 5.98. The number of pyridine rings is 1. The zero-order valence-corrected chi connectivity index (χ0v) is 13.7. The molecule has 0 amide bonds. The van der Waals surface area contributed by atoms with Crippen molar-refractivity contribution in [2.45, 2.75) is 6.18 Å². The van der Waals surface area contributed by atoms with Crippen molar-refractivity contribution in [3.8, 4) is 17.1 Å². The summed E-state index contributed by atoms with van der Waals surface area (Å²) < 4.78 is 39.0. The average molecular weight is 422 g/mol. The van der Waals surface area contributed by atoms with E-state index in [4.69, 9.17) is 11.6 Å². The molecule has 3 aromatic heterocycles. The standard InChI is InChI=1S/C12H5BrClF3N6O/c13-11-19-7(2-9(24)20-11)6-1-5(14)3-18-10(6)23-4-8(21-22-23)12(15,16)17/h1-4H,(H,19,20,24). The number of rotatable bonds is 2. The zero-order valence-electron chi connectivity index (χ0n) is 11.3. The maximum absolute atomic E-state index is 12.7. The maximum atomic E-state index is 12.7. The third-order valence-electron chi connectivity index (χ3n) is 2.82. The van der Waals surface area contributed by atoms with Gasteiger partial charge in [0, 0.05) is 17.8 Å². The summed E-state index contributed by atoms with van der Waals surface area (Å²) in [5.41, 5.74) is -1.27. The third-order valence-corrected chi connectivity index (χ3v) is 3.41. The molecule has 0 atom stereocenters. The SMILES string of the molecule is O=c1cc(-c2cc(Cl)cnc2-n2cc(C(F)(F)F)nn2)nc(Br)[nH]1. The Bertz CT molecular complexity index is 970. The molecule has 3 rings (SSSR count). The minimum Gasteiger partial charge on any atom is -0.301 e. The Morgan fingerprint density at radius 3 is 2.67 bits per heavy atom. The number of aromatic amines is 1. The van der Waals surface area contributed by atoms with Gasteiger partial charge in [0.25, 0.3) is 5.56 Å². The van der Waals surface area contributed by atoms with Crippen LogP contribution in [0, 0.1) is 0 Å². The van der Waals surface area contributed by atoms with Crippen LogP contribution in [0.1, 0.15) is 5.69 Å². The number of H-pyrrole nitrogens is 1. The fourth-order valence-corrected chi connectivity index (χ4v) is 2.41. The van der Waals surface area contributed by atoms with E-state index in [-0.39, 0.29) is 26.8 Å². The van der Waals surface area contributed by atoms with E-state index in [0.29, 0.717) is 6.20 Å². The summed E-state index contributed by atoms with van der Waals surface area (Å²) >= 11 is 8.93. The fraction of sp³-hybridized carbons (Fsp3) is 0.0833. The molecule has 12 heteroatoms. The summed E-state index contributed by atoms with van der Waals surface area (Å²) in [6.07, 6.45) is -2.73. The number of alkyl halides is 3. The van der Waals surface area contributed by atoms with E-state index in [9.17, 15) is 18.0 Å². The Morgan fingerprint density at radius 1 is 1.29 bits per heavy atom. The summed E-state index contributed by atoms with van der Waals surface area (Å²) in [6.45, 7) is 0. The van der Waals surface area contributed by atoms with Crippen molar-refractivity contribution in [3.63, 3.8) is 0 Å². The number of hydrogen-bond acceptors (Lipinski definition) is 5. The monoisotopic (exact) mass is 420 g/mol. The molecule has 3 aromatic rings. The van der Waals surface area contributed by atoms with Crippen molar-refractivity contribution in [1.82, 2.24) is 29.9 Å². The number of nitrogens with zero attached hydrogens (tertiary/aromatic N) is 5. The van der Waals surface area contributed by atoms with Gasteiger partial charge < -0.3 is 4.98 Å². The van der Waals surface area contributed by atoms with Crippen LogP contribution in [-0.4, -0.2) is 29.9 Å². The molecule has 0 aliphatic heterocycles. The quantitative estimate of drug-likeness (QED) is 0.643. The Kier molecular flexibility index (Phi) is 4.13. The highest BCUT2D eigenvalue weighted by Gasteiger charge is 2.35. The van der Waals surface area contributed by atoms with Gasteiger partial charge in [0.2, 0.25) is 0 Å². The van der Waals surface area contributed by atoms with Crippen LogP contribution in [0.2, 0.25) is 5.02 Å². The van der Waals surface area contributed by atoms with E-state index in [2.05, 4.69) is 41.2 Å². The van der Waals surface area contributed by atoms with Gasteiger partial charge in [0.1, 0.15) is 0 Å². The van der Waals surface area contributed by atoms with Crippen molar-refractivity contribution in [1.29, 1.82) is 0 Å². The molecule has 0 bridgehead atoms. The van der Waals surface area contributed by atoms with Crippen LogP contribution in [0.15, 0.2) is 34.1 Å². The van der Waals surface area contributed by atoms with Crippen LogP contribution in [0.4, 0.5) is 13.2 Å². The van der Waals surface area contributed by atoms with Crippen LogP contribution < -0.4 is 5.56 Å². The number of hydrogen-bond donors (Lipinski definition) is 1. The lowest BCUT2D eigenvalue weighted by Crippen LogP contribution is -2.09. The predicted molar refractivity (Wildman–Crippen MR) is 80.7 cm³/mol. The van der Waals surface area contributed by atoms with E-state index in [1.54, 1.807) is 0 Å². The van der Waals surface area contributed by atoms with Gasteiger partial charge in [0.05, 0.1) is 16.9 Å².